The molecule has 21 heavy (non-hydrogen) atoms. The first-order valence-corrected chi connectivity index (χ1v) is 6.24. The highest BCUT2D eigenvalue weighted by molar-refractivity contribution is 6.08. The number of aromatic hydroxyl groups is 1. The van der Waals surface area contributed by atoms with Gasteiger partial charge >= 0.3 is 0 Å². The molecule has 2 aromatic rings. The minimum absolute atomic E-state index is 0.0307. The molecule has 0 aliphatic carbocycles. The maximum atomic E-state index is 12.1. The lowest BCUT2D eigenvalue weighted by Crippen LogP contribution is -1.98. The van der Waals surface area contributed by atoms with Crippen LogP contribution in [-0.2, 0) is 0 Å². The SMILES string of the molecule is COc1cnc(C=CC(=O)c2ccccc2OC)cc1O. The minimum atomic E-state index is -0.204. The van der Waals surface area contributed by atoms with E-state index in [0.29, 0.717) is 17.0 Å². The minimum Gasteiger partial charge on any atom is -0.504 e. The van der Waals surface area contributed by atoms with Crippen LogP contribution in [0.1, 0.15) is 16.1 Å². The van der Waals surface area contributed by atoms with Crippen LogP contribution in [0.5, 0.6) is 17.2 Å². The molecule has 0 fully saturated rings. The van der Waals surface area contributed by atoms with Crippen molar-refractivity contribution in [3.05, 3.63) is 53.9 Å². The van der Waals surface area contributed by atoms with Crippen molar-refractivity contribution in [3.63, 3.8) is 0 Å². The molecule has 108 valence electrons. The van der Waals surface area contributed by atoms with E-state index in [9.17, 15) is 9.90 Å². The van der Waals surface area contributed by atoms with Crippen molar-refractivity contribution in [2.24, 2.45) is 0 Å². The maximum Gasteiger partial charge on any atom is 0.189 e. The Morgan fingerprint density at radius 2 is 1.90 bits per heavy atom. The van der Waals surface area contributed by atoms with Crippen LogP contribution in [0.4, 0.5) is 0 Å². The number of benzene rings is 1. The van der Waals surface area contributed by atoms with Gasteiger partial charge in [0.25, 0.3) is 0 Å². The first kappa shape index (κ1) is 14.6. The zero-order valence-electron chi connectivity index (χ0n) is 11.7. The first-order chi connectivity index (χ1) is 10.2. The summed E-state index contributed by atoms with van der Waals surface area (Å²) in [6.07, 6.45) is 4.29. The Balaban J connectivity index is 2.21. The number of rotatable bonds is 5. The predicted octanol–water partition coefficient (Wildman–Crippen LogP) is 2.70. The van der Waals surface area contributed by atoms with Gasteiger partial charge in [-0.2, -0.15) is 0 Å². The predicted molar refractivity (Wildman–Crippen MR) is 78.8 cm³/mol. The van der Waals surface area contributed by atoms with Gasteiger partial charge in [0.05, 0.1) is 31.7 Å². The Kier molecular flexibility index (Phi) is 4.56. The monoisotopic (exact) mass is 285 g/mol. The van der Waals surface area contributed by atoms with E-state index in [1.165, 1.54) is 38.6 Å². The van der Waals surface area contributed by atoms with Gasteiger partial charge in [-0.15, -0.1) is 0 Å². The third-order valence-corrected chi connectivity index (χ3v) is 2.87. The van der Waals surface area contributed by atoms with Crippen molar-refractivity contribution in [2.75, 3.05) is 14.2 Å². The summed E-state index contributed by atoms with van der Waals surface area (Å²) in [5.41, 5.74) is 0.922. The molecule has 1 heterocycles. The van der Waals surface area contributed by atoms with Crippen molar-refractivity contribution in [1.29, 1.82) is 0 Å². The zero-order valence-corrected chi connectivity index (χ0v) is 11.7. The highest BCUT2D eigenvalue weighted by Gasteiger charge is 2.08. The Morgan fingerprint density at radius 1 is 1.19 bits per heavy atom. The van der Waals surface area contributed by atoms with Crippen LogP contribution in [0, 0.1) is 0 Å². The van der Waals surface area contributed by atoms with Crippen molar-refractivity contribution >= 4 is 11.9 Å². The zero-order chi connectivity index (χ0) is 15.2. The summed E-state index contributed by atoms with van der Waals surface area (Å²) < 4.78 is 10.0. The molecule has 1 aromatic heterocycles. The molecular weight excluding hydrogens is 270 g/mol. The quantitative estimate of drug-likeness (QED) is 0.675. The van der Waals surface area contributed by atoms with Crippen molar-refractivity contribution in [1.82, 2.24) is 4.98 Å². The van der Waals surface area contributed by atoms with E-state index in [1.54, 1.807) is 24.3 Å². The molecular formula is C16H15NO4. The number of allylic oxidation sites excluding steroid dienone is 1. The second-order valence-corrected chi connectivity index (χ2v) is 4.18. The number of ether oxygens (including phenoxy) is 2. The van der Waals surface area contributed by atoms with Crippen LogP contribution >= 0.6 is 0 Å². The molecule has 5 heteroatoms. The molecule has 0 aliphatic heterocycles. The van der Waals surface area contributed by atoms with E-state index in [0.717, 1.165) is 0 Å². The van der Waals surface area contributed by atoms with Crippen LogP contribution in [0.2, 0.25) is 0 Å². The molecule has 0 bridgehead atoms. The number of carbonyl (C=O) groups excluding carboxylic acids is 1. The van der Waals surface area contributed by atoms with Crippen LogP contribution in [0.15, 0.2) is 42.6 Å². The fraction of sp³-hybridized carbons (Fsp3) is 0.125. The summed E-state index contributed by atoms with van der Waals surface area (Å²) in [5.74, 6) is 0.558. The van der Waals surface area contributed by atoms with Gasteiger partial charge in [-0.05, 0) is 24.3 Å². The molecule has 0 amide bonds. The summed E-state index contributed by atoms with van der Waals surface area (Å²) in [7, 11) is 2.95. The van der Waals surface area contributed by atoms with Crippen molar-refractivity contribution in [3.8, 4) is 17.2 Å². The highest BCUT2D eigenvalue weighted by atomic mass is 16.5. The number of nitrogens with zero attached hydrogens (tertiary/aromatic N) is 1. The molecule has 0 atom stereocenters. The Bertz CT molecular complexity index is 680. The largest absolute Gasteiger partial charge is 0.504 e. The molecule has 0 spiro atoms. The lowest BCUT2D eigenvalue weighted by atomic mass is 10.1. The normalized spacial score (nSPS) is 10.6. The Labute approximate surface area is 122 Å². The van der Waals surface area contributed by atoms with Gasteiger partial charge in [-0.3, -0.25) is 9.78 Å². The van der Waals surface area contributed by atoms with Gasteiger partial charge in [0, 0.05) is 6.07 Å². The Hall–Kier alpha value is -2.82. The third kappa shape index (κ3) is 3.39. The molecule has 5 nitrogen and oxygen atoms in total. The maximum absolute atomic E-state index is 12.1. The van der Waals surface area contributed by atoms with Gasteiger partial charge in [-0.1, -0.05) is 12.1 Å². The van der Waals surface area contributed by atoms with Crippen LogP contribution in [0.3, 0.4) is 0 Å². The summed E-state index contributed by atoms with van der Waals surface area (Å²) in [6.45, 7) is 0. The smallest absolute Gasteiger partial charge is 0.189 e. The lowest BCUT2D eigenvalue weighted by Gasteiger charge is -2.04. The average molecular weight is 285 g/mol. The molecule has 1 aromatic carbocycles. The van der Waals surface area contributed by atoms with Gasteiger partial charge in [-0.25, -0.2) is 0 Å². The van der Waals surface area contributed by atoms with Crippen molar-refractivity contribution in [2.45, 2.75) is 0 Å². The second kappa shape index (κ2) is 6.56. The van der Waals surface area contributed by atoms with E-state index in [4.69, 9.17) is 9.47 Å². The van der Waals surface area contributed by atoms with Gasteiger partial charge in [0.2, 0.25) is 0 Å². The topological polar surface area (TPSA) is 68.7 Å². The van der Waals surface area contributed by atoms with Crippen LogP contribution < -0.4 is 9.47 Å². The van der Waals surface area contributed by atoms with E-state index in [2.05, 4.69) is 4.98 Å². The number of hydrogen-bond donors (Lipinski definition) is 1. The van der Waals surface area contributed by atoms with Gasteiger partial charge < -0.3 is 14.6 Å². The fourth-order valence-electron chi connectivity index (χ4n) is 1.80. The van der Waals surface area contributed by atoms with E-state index < -0.39 is 0 Å². The molecule has 1 N–H and O–H groups in total. The second-order valence-electron chi connectivity index (χ2n) is 4.18. The first-order valence-electron chi connectivity index (χ1n) is 6.24. The molecule has 0 saturated heterocycles. The highest BCUT2D eigenvalue weighted by Crippen LogP contribution is 2.25. The van der Waals surface area contributed by atoms with E-state index >= 15 is 0 Å². The summed E-state index contributed by atoms with van der Waals surface area (Å²) in [5, 5.41) is 9.65. The number of carbonyl (C=O) groups is 1. The lowest BCUT2D eigenvalue weighted by molar-refractivity contribution is 0.104. The molecule has 0 radical (unpaired) electrons. The molecule has 0 unspecified atom stereocenters. The summed E-state index contributed by atoms with van der Waals surface area (Å²) in [4.78, 5) is 16.2. The number of hydrogen-bond acceptors (Lipinski definition) is 5. The number of methoxy groups -OCH3 is 2. The average Bonchev–Trinajstić information content (AvgIpc) is 2.52. The Morgan fingerprint density at radius 3 is 2.57 bits per heavy atom. The number of para-hydroxylation sites is 1. The number of aromatic nitrogens is 1. The summed E-state index contributed by atoms with van der Waals surface area (Å²) in [6, 6.07) is 8.39. The summed E-state index contributed by atoms with van der Waals surface area (Å²) >= 11 is 0. The van der Waals surface area contributed by atoms with Crippen LogP contribution in [-0.4, -0.2) is 30.1 Å². The van der Waals surface area contributed by atoms with E-state index in [1.807, 2.05) is 0 Å². The van der Waals surface area contributed by atoms with Crippen LogP contribution in [0.25, 0.3) is 6.08 Å². The van der Waals surface area contributed by atoms with E-state index in [-0.39, 0.29) is 17.3 Å². The molecule has 0 aliphatic rings. The standard InChI is InChI=1S/C16H15NO4/c1-20-15-6-4-3-5-12(15)13(18)8-7-11-9-14(19)16(21-2)10-17-11/h3-10H,1-2H3,(H,17,19). The van der Waals surface area contributed by atoms with Gasteiger partial charge in [0.1, 0.15) is 5.75 Å². The molecule has 0 saturated carbocycles. The third-order valence-electron chi connectivity index (χ3n) is 2.87. The number of pyridine rings is 1. The molecule has 2 rings (SSSR count). The van der Waals surface area contributed by atoms with Gasteiger partial charge in [0.15, 0.2) is 17.3 Å². The fourth-order valence-corrected chi connectivity index (χ4v) is 1.80. The number of ketones is 1. The van der Waals surface area contributed by atoms with Crippen molar-refractivity contribution < 1.29 is 19.4 Å².